The smallest absolute Gasteiger partial charge is 0.338 e. The molecule has 1 unspecified atom stereocenters. The Morgan fingerprint density at radius 1 is 1.06 bits per heavy atom. The molecular weight excluding hydrogens is 482 g/mol. The van der Waals surface area contributed by atoms with Crippen LogP contribution in [0.25, 0.3) is 10.2 Å². The minimum absolute atomic E-state index is 0.137. The summed E-state index contributed by atoms with van der Waals surface area (Å²) in [6, 6.07) is 22.7. The molecule has 0 radical (unpaired) electrons. The second-order valence-electron chi connectivity index (χ2n) is 7.80. The predicted molar refractivity (Wildman–Crippen MR) is 139 cm³/mol. The lowest BCUT2D eigenvalue weighted by Crippen LogP contribution is -2.20. The van der Waals surface area contributed by atoms with E-state index in [0.29, 0.717) is 28.3 Å². The maximum Gasteiger partial charge on any atom is 0.338 e. The Morgan fingerprint density at radius 2 is 1.80 bits per heavy atom. The van der Waals surface area contributed by atoms with E-state index in [0.717, 1.165) is 15.8 Å². The molecule has 1 heterocycles. The van der Waals surface area contributed by atoms with Gasteiger partial charge >= 0.3 is 11.9 Å². The highest BCUT2D eigenvalue weighted by Crippen LogP contribution is 2.33. The molecule has 4 aromatic rings. The fraction of sp³-hybridized carbons (Fsp3) is 0.185. The Bertz CT molecular complexity index is 1370. The number of thiocarbonyl (C=S) groups is 1. The Balaban J connectivity index is 1.61. The van der Waals surface area contributed by atoms with Gasteiger partial charge in [0.1, 0.15) is 10.8 Å². The fourth-order valence-corrected chi connectivity index (χ4v) is 5.03. The zero-order chi connectivity index (χ0) is 24.8. The van der Waals surface area contributed by atoms with E-state index < -0.39 is 17.9 Å². The number of hydrogen-bond donors (Lipinski definition) is 1. The molecule has 178 valence electrons. The quantitative estimate of drug-likeness (QED) is 0.220. The number of carboxylic acid groups (broad SMARTS) is 1. The van der Waals surface area contributed by atoms with Gasteiger partial charge in [-0.25, -0.2) is 9.78 Å². The van der Waals surface area contributed by atoms with Gasteiger partial charge in [0.15, 0.2) is 5.05 Å². The molecule has 6 nitrogen and oxygen atoms in total. The molecule has 8 heteroatoms. The summed E-state index contributed by atoms with van der Waals surface area (Å²) in [6.07, 6.45) is 0.394. The summed E-state index contributed by atoms with van der Waals surface area (Å²) >= 11 is 6.93. The monoisotopic (exact) mass is 505 g/mol. The third-order valence-corrected chi connectivity index (χ3v) is 6.82. The molecule has 1 aromatic heterocycles. The van der Waals surface area contributed by atoms with Gasteiger partial charge < -0.3 is 14.6 Å². The largest absolute Gasteiger partial charge is 0.481 e. The van der Waals surface area contributed by atoms with Crippen molar-refractivity contribution >= 4 is 50.8 Å². The van der Waals surface area contributed by atoms with E-state index in [1.54, 1.807) is 25.1 Å². The van der Waals surface area contributed by atoms with Crippen LogP contribution in [0.2, 0.25) is 0 Å². The molecule has 0 amide bonds. The molecular formula is C27H23NO5S2. The number of carboxylic acids is 1. The number of nitrogens with zero attached hydrogens (tertiary/aromatic N) is 1. The van der Waals surface area contributed by atoms with Crippen molar-refractivity contribution in [3.63, 3.8) is 0 Å². The number of benzene rings is 3. The average Bonchev–Trinajstić information content (AvgIpc) is 3.27. The first kappa shape index (κ1) is 24.5. The second-order valence-corrected chi connectivity index (χ2v) is 9.26. The lowest BCUT2D eigenvalue weighted by molar-refractivity contribution is -0.137. The third kappa shape index (κ3) is 6.09. The molecule has 3 aromatic carbocycles. The van der Waals surface area contributed by atoms with Crippen LogP contribution in [0.5, 0.6) is 5.75 Å². The minimum atomic E-state index is -1.01. The number of carbonyl (C=O) groups excluding carboxylic acids is 1. The molecule has 35 heavy (non-hydrogen) atoms. The molecule has 1 atom stereocenters. The number of thiazole rings is 1. The van der Waals surface area contributed by atoms with Crippen LogP contribution in [0, 0.1) is 0 Å². The van der Waals surface area contributed by atoms with Crippen molar-refractivity contribution in [1.29, 1.82) is 0 Å². The van der Waals surface area contributed by atoms with E-state index in [4.69, 9.17) is 21.7 Å². The first-order valence-corrected chi connectivity index (χ1v) is 12.3. The molecule has 1 N–H and O–H groups in total. The highest BCUT2D eigenvalue weighted by atomic mass is 32.1. The summed E-state index contributed by atoms with van der Waals surface area (Å²) in [6.45, 7) is 2.02. The maximum atomic E-state index is 12.1. The zero-order valence-electron chi connectivity index (χ0n) is 19.0. The van der Waals surface area contributed by atoms with E-state index in [1.807, 2.05) is 54.6 Å². The Kier molecular flexibility index (Phi) is 7.84. The van der Waals surface area contributed by atoms with E-state index in [9.17, 15) is 14.7 Å². The summed E-state index contributed by atoms with van der Waals surface area (Å²) < 4.78 is 12.0. The average molecular weight is 506 g/mol. The number of para-hydroxylation sites is 1. The highest BCUT2D eigenvalue weighted by Gasteiger charge is 2.27. The summed E-state index contributed by atoms with van der Waals surface area (Å²) in [5, 5.41) is 10.2. The van der Waals surface area contributed by atoms with Crippen LogP contribution in [-0.4, -0.2) is 33.7 Å². The minimum Gasteiger partial charge on any atom is -0.481 e. The lowest BCUT2D eigenvalue weighted by atomic mass is 10.0. The van der Waals surface area contributed by atoms with Crippen LogP contribution in [0.15, 0.2) is 72.8 Å². The van der Waals surface area contributed by atoms with Gasteiger partial charge in [-0.05, 0) is 54.5 Å². The normalized spacial score (nSPS) is 11.7. The van der Waals surface area contributed by atoms with Crippen LogP contribution in [0.1, 0.15) is 45.8 Å². The van der Waals surface area contributed by atoms with E-state index in [2.05, 4.69) is 4.98 Å². The maximum absolute atomic E-state index is 12.1. The van der Waals surface area contributed by atoms with Crippen LogP contribution < -0.4 is 4.74 Å². The van der Waals surface area contributed by atoms with Gasteiger partial charge in [0.05, 0.1) is 34.7 Å². The standard InChI is InChI=1S/C27H23NO5S2/c1-2-32-26(31)19-12-13-23-21(15-19)28-25(35-23)20(16-24(29)30)27(34)33-22-11-7-6-10-18(22)14-17-8-4-3-5-9-17/h3-13,15,20H,2,14,16H2,1H3,(H,29,30). The van der Waals surface area contributed by atoms with Crippen molar-refractivity contribution in [2.24, 2.45) is 0 Å². The summed E-state index contributed by atoms with van der Waals surface area (Å²) in [5.41, 5.74) is 3.04. The van der Waals surface area contributed by atoms with E-state index in [-0.39, 0.29) is 18.1 Å². The van der Waals surface area contributed by atoms with Crippen molar-refractivity contribution in [1.82, 2.24) is 4.98 Å². The van der Waals surface area contributed by atoms with Crippen molar-refractivity contribution < 1.29 is 24.2 Å². The van der Waals surface area contributed by atoms with E-state index in [1.165, 1.54) is 11.3 Å². The molecule has 0 aliphatic heterocycles. The topological polar surface area (TPSA) is 85.7 Å². The number of aliphatic carboxylic acids is 1. The molecule has 0 aliphatic rings. The number of fused-ring (bicyclic) bond motifs is 1. The van der Waals surface area contributed by atoms with Crippen LogP contribution >= 0.6 is 23.6 Å². The summed E-state index contributed by atoms with van der Waals surface area (Å²) in [5.74, 6) is -1.58. The van der Waals surface area contributed by atoms with Crippen molar-refractivity contribution in [2.45, 2.75) is 25.7 Å². The first-order valence-electron chi connectivity index (χ1n) is 11.1. The predicted octanol–water partition coefficient (Wildman–Crippen LogP) is 6.03. The molecule has 0 saturated heterocycles. The van der Waals surface area contributed by atoms with Crippen molar-refractivity contribution in [2.75, 3.05) is 6.61 Å². The van der Waals surface area contributed by atoms with Gasteiger partial charge in [-0.3, -0.25) is 4.79 Å². The highest BCUT2D eigenvalue weighted by molar-refractivity contribution is 7.80. The van der Waals surface area contributed by atoms with Gasteiger partial charge in [-0.1, -0.05) is 48.5 Å². The van der Waals surface area contributed by atoms with Crippen molar-refractivity contribution in [3.05, 3.63) is 94.5 Å². The molecule has 0 saturated carbocycles. The number of esters is 1. The van der Waals surface area contributed by atoms with Crippen LogP contribution in [0.4, 0.5) is 0 Å². The Morgan fingerprint density at radius 3 is 2.54 bits per heavy atom. The first-order chi connectivity index (χ1) is 16.9. The van der Waals surface area contributed by atoms with Gasteiger partial charge in [0.25, 0.3) is 0 Å². The Hall–Kier alpha value is -3.62. The summed E-state index contributed by atoms with van der Waals surface area (Å²) in [4.78, 5) is 28.4. The molecule has 0 bridgehead atoms. The molecule has 0 spiro atoms. The zero-order valence-corrected chi connectivity index (χ0v) is 20.6. The van der Waals surface area contributed by atoms with Gasteiger partial charge in [0, 0.05) is 6.42 Å². The number of ether oxygens (including phenoxy) is 2. The SMILES string of the molecule is CCOC(=O)c1ccc2sc(C(CC(=O)O)C(=S)Oc3ccccc3Cc3ccccc3)nc2c1. The van der Waals surface area contributed by atoms with Crippen LogP contribution in [-0.2, 0) is 16.0 Å². The van der Waals surface area contributed by atoms with Gasteiger partial charge in [0.2, 0.25) is 0 Å². The number of rotatable bonds is 9. The second kappa shape index (κ2) is 11.2. The third-order valence-electron chi connectivity index (χ3n) is 5.30. The fourth-order valence-electron chi connectivity index (χ4n) is 3.63. The number of aromatic nitrogens is 1. The number of hydrogen-bond acceptors (Lipinski definition) is 7. The molecule has 4 rings (SSSR count). The number of carbonyl (C=O) groups is 2. The summed E-state index contributed by atoms with van der Waals surface area (Å²) in [7, 11) is 0. The molecule has 0 fully saturated rings. The Labute approximate surface area is 212 Å². The van der Waals surface area contributed by atoms with Crippen LogP contribution in [0.3, 0.4) is 0 Å². The van der Waals surface area contributed by atoms with Gasteiger partial charge in [-0.15, -0.1) is 11.3 Å². The molecule has 0 aliphatic carbocycles. The van der Waals surface area contributed by atoms with Crippen molar-refractivity contribution in [3.8, 4) is 5.75 Å². The lowest BCUT2D eigenvalue weighted by Gasteiger charge is -2.17. The van der Waals surface area contributed by atoms with Gasteiger partial charge in [-0.2, -0.15) is 0 Å². The van der Waals surface area contributed by atoms with E-state index >= 15 is 0 Å².